The van der Waals surface area contributed by atoms with E-state index in [2.05, 4.69) is 84.6 Å². The lowest BCUT2D eigenvalue weighted by atomic mass is 9.73. The summed E-state index contributed by atoms with van der Waals surface area (Å²) < 4.78 is 6.02. The maximum absolute atomic E-state index is 13.9. The number of rotatable bonds is 4. The van der Waals surface area contributed by atoms with Crippen molar-refractivity contribution in [1.82, 2.24) is 4.90 Å². The van der Waals surface area contributed by atoms with E-state index in [0.29, 0.717) is 5.92 Å². The number of benzene rings is 3. The SMILES string of the molecule is CC1=C(C(=O)N2CCC3(CC2)COc2ccccc23)c2ccccc2C(CCc2ccccc2)C1. The van der Waals surface area contributed by atoms with Gasteiger partial charge in [-0.1, -0.05) is 78.4 Å². The Morgan fingerprint density at radius 1 is 0.943 bits per heavy atom. The molecular weight excluding hydrogens is 430 g/mol. The molecule has 3 aromatic rings. The summed E-state index contributed by atoms with van der Waals surface area (Å²) in [6.45, 7) is 4.48. The lowest BCUT2D eigenvalue weighted by Gasteiger charge is -2.40. The van der Waals surface area contributed by atoms with Crippen molar-refractivity contribution in [3.63, 3.8) is 0 Å². The van der Waals surface area contributed by atoms with Crippen LogP contribution in [0.15, 0.2) is 84.4 Å². The Morgan fingerprint density at radius 2 is 1.66 bits per heavy atom. The molecular formula is C32H33NO2. The van der Waals surface area contributed by atoms with Crippen LogP contribution in [0.1, 0.15) is 60.8 Å². The zero-order valence-electron chi connectivity index (χ0n) is 20.5. The van der Waals surface area contributed by atoms with Crippen molar-refractivity contribution in [1.29, 1.82) is 0 Å². The first-order valence-corrected chi connectivity index (χ1v) is 13.0. The molecule has 1 saturated heterocycles. The minimum atomic E-state index is 0.0593. The molecule has 0 saturated carbocycles. The maximum atomic E-state index is 13.9. The van der Waals surface area contributed by atoms with Crippen molar-refractivity contribution < 1.29 is 9.53 Å². The number of hydrogen-bond acceptors (Lipinski definition) is 2. The molecule has 1 unspecified atom stereocenters. The predicted molar refractivity (Wildman–Crippen MR) is 141 cm³/mol. The van der Waals surface area contributed by atoms with Gasteiger partial charge in [-0.05, 0) is 67.7 Å². The van der Waals surface area contributed by atoms with Crippen molar-refractivity contribution in [2.24, 2.45) is 0 Å². The number of carbonyl (C=O) groups is 1. The smallest absolute Gasteiger partial charge is 0.254 e. The highest BCUT2D eigenvalue weighted by atomic mass is 16.5. The van der Waals surface area contributed by atoms with E-state index in [0.717, 1.165) is 68.7 Å². The lowest BCUT2D eigenvalue weighted by Crippen LogP contribution is -2.46. The molecule has 1 fully saturated rings. The molecule has 1 amide bonds. The molecule has 3 heteroatoms. The minimum Gasteiger partial charge on any atom is -0.492 e. The van der Waals surface area contributed by atoms with Crippen molar-refractivity contribution >= 4 is 11.5 Å². The zero-order chi connectivity index (χ0) is 23.8. The second kappa shape index (κ2) is 9.03. The van der Waals surface area contributed by atoms with Crippen LogP contribution in [-0.2, 0) is 16.6 Å². The average Bonchev–Trinajstić information content (AvgIpc) is 3.26. The third-order valence-electron chi connectivity index (χ3n) is 8.46. The molecule has 0 bridgehead atoms. The first-order chi connectivity index (χ1) is 17.1. The molecule has 1 aliphatic carbocycles. The van der Waals surface area contributed by atoms with Crippen LogP contribution in [0, 0.1) is 0 Å². The summed E-state index contributed by atoms with van der Waals surface area (Å²) >= 11 is 0. The Labute approximate surface area is 208 Å². The fraction of sp³-hybridized carbons (Fsp3) is 0.344. The van der Waals surface area contributed by atoms with Gasteiger partial charge in [-0.2, -0.15) is 0 Å². The van der Waals surface area contributed by atoms with Crippen LogP contribution in [0.5, 0.6) is 5.75 Å². The molecule has 35 heavy (non-hydrogen) atoms. The normalized spacial score (nSPS) is 20.4. The molecule has 6 rings (SSSR count). The predicted octanol–water partition coefficient (Wildman–Crippen LogP) is 6.53. The fourth-order valence-electron chi connectivity index (χ4n) is 6.47. The molecule has 1 spiro atoms. The van der Waals surface area contributed by atoms with E-state index in [1.807, 2.05) is 6.07 Å². The van der Waals surface area contributed by atoms with Gasteiger partial charge in [-0.3, -0.25) is 4.79 Å². The Kier molecular flexibility index (Phi) is 5.72. The van der Waals surface area contributed by atoms with E-state index in [1.54, 1.807) is 0 Å². The van der Waals surface area contributed by atoms with E-state index >= 15 is 0 Å². The minimum absolute atomic E-state index is 0.0593. The molecule has 1 atom stereocenters. The first kappa shape index (κ1) is 22.2. The number of amides is 1. The van der Waals surface area contributed by atoms with Gasteiger partial charge >= 0.3 is 0 Å². The molecule has 0 aromatic heterocycles. The summed E-state index contributed by atoms with van der Waals surface area (Å²) in [4.78, 5) is 16.0. The molecule has 2 aliphatic heterocycles. The third kappa shape index (κ3) is 3.97. The lowest BCUT2D eigenvalue weighted by molar-refractivity contribution is -0.126. The number of likely N-dealkylation sites (tertiary alicyclic amines) is 1. The maximum Gasteiger partial charge on any atom is 0.254 e. The largest absolute Gasteiger partial charge is 0.492 e. The van der Waals surface area contributed by atoms with E-state index in [1.165, 1.54) is 22.3 Å². The van der Waals surface area contributed by atoms with E-state index < -0.39 is 0 Å². The first-order valence-electron chi connectivity index (χ1n) is 13.0. The highest BCUT2D eigenvalue weighted by Gasteiger charge is 2.44. The van der Waals surface area contributed by atoms with Gasteiger partial charge in [0, 0.05) is 29.6 Å². The van der Waals surface area contributed by atoms with Gasteiger partial charge in [0.25, 0.3) is 5.91 Å². The zero-order valence-corrected chi connectivity index (χ0v) is 20.5. The topological polar surface area (TPSA) is 29.5 Å². The summed E-state index contributed by atoms with van der Waals surface area (Å²) in [6.07, 6.45) is 5.05. The summed E-state index contributed by atoms with van der Waals surface area (Å²) in [7, 11) is 0. The number of carbonyl (C=O) groups excluding carboxylic acids is 1. The van der Waals surface area contributed by atoms with Crippen LogP contribution in [0.4, 0.5) is 0 Å². The summed E-state index contributed by atoms with van der Waals surface area (Å²) in [5, 5.41) is 0. The van der Waals surface area contributed by atoms with Crippen molar-refractivity contribution in [3.8, 4) is 5.75 Å². The molecule has 2 heterocycles. The van der Waals surface area contributed by atoms with Gasteiger partial charge < -0.3 is 9.64 Å². The van der Waals surface area contributed by atoms with Crippen LogP contribution in [0.3, 0.4) is 0 Å². The standard InChI is InChI=1S/C32H33NO2/c1-23-21-25(16-15-24-9-3-2-4-10-24)26-11-5-6-12-27(26)30(23)31(34)33-19-17-32(18-20-33)22-35-29-14-8-7-13-28(29)32/h2-14,25H,15-22H2,1H3. The van der Waals surface area contributed by atoms with Gasteiger partial charge in [0.15, 0.2) is 0 Å². The van der Waals surface area contributed by atoms with Crippen LogP contribution >= 0.6 is 0 Å². The average molecular weight is 464 g/mol. The second-order valence-corrected chi connectivity index (χ2v) is 10.5. The number of fused-ring (bicyclic) bond motifs is 3. The van der Waals surface area contributed by atoms with Gasteiger partial charge in [0.2, 0.25) is 0 Å². The fourth-order valence-corrected chi connectivity index (χ4v) is 6.47. The number of allylic oxidation sites excluding steroid dienone is 1. The summed E-state index contributed by atoms with van der Waals surface area (Å²) in [5.74, 6) is 1.69. The second-order valence-electron chi connectivity index (χ2n) is 10.5. The van der Waals surface area contributed by atoms with Gasteiger partial charge in [-0.25, -0.2) is 0 Å². The molecule has 178 valence electrons. The van der Waals surface area contributed by atoms with Crippen LogP contribution < -0.4 is 4.74 Å². The number of aryl methyl sites for hydroxylation is 1. The van der Waals surface area contributed by atoms with E-state index in [4.69, 9.17) is 4.74 Å². The van der Waals surface area contributed by atoms with Gasteiger partial charge in [0.05, 0.1) is 6.61 Å². The molecule has 3 aliphatic rings. The van der Waals surface area contributed by atoms with E-state index in [-0.39, 0.29) is 11.3 Å². The van der Waals surface area contributed by atoms with E-state index in [9.17, 15) is 4.79 Å². The van der Waals surface area contributed by atoms with Gasteiger partial charge in [0.1, 0.15) is 5.75 Å². The van der Waals surface area contributed by atoms with Crippen molar-refractivity contribution in [3.05, 3.63) is 107 Å². The van der Waals surface area contributed by atoms with Crippen molar-refractivity contribution in [2.75, 3.05) is 19.7 Å². The van der Waals surface area contributed by atoms with Crippen LogP contribution in [-0.4, -0.2) is 30.5 Å². The van der Waals surface area contributed by atoms with Crippen molar-refractivity contribution in [2.45, 2.75) is 50.4 Å². The molecule has 3 aromatic carbocycles. The highest BCUT2D eigenvalue weighted by molar-refractivity contribution is 6.21. The Morgan fingerprint density at radius 3 is 2.49 bits per heavy atom. The molecule has 0 N–H and O–H groups in total. The molecule has 0 radical (unpaired) electrons. The third-order valence-corrected chi connectivity index (χ3v) is 8.46. The number of piperidine rings is 1. The summed E-state index contributed by atoms with van der Waals surface area (Å²) in [6, 6.07) is 27.8. The van der Waals surface area contributed by atoms with Crippen LogP contribution in [0.25, 0.3) is 5.57 Å². The number of nitrogens with zero attached hydrogens (tertiary/aromatic N) is 1. The Balaban J connectivity index is 1.20. The quantitative estimate of drug-likeness (QED) is 0.440. The Bertz CT molecular complexity index is 1270. The summed E-state index contributed by atoms with van der Waals surface area (Å²) in [5.41, 5.74) is 7.43. The number of ether oxygens (including phenoxy) is 1. The monoisotopic (exact) mass is 463 g/mol. The number of hydrogen-bond donors (Lipinski definition) is 0. The van der Waals surface area contributed by atoms with Gasteiger partial charge in [-0.15, -0.1) is 0 Å². The van der Waals surface area contributed by atoms with Crippen LogP contribution in [0.2, 0.25) is 0 Å². The number of para-hydroxylation sites is 1. The Hall–Kier alpha value is -3.33. The molecule has 3 nitrogen and oxygen atoms in total. The highest BCUT2D eigenvalue weighted by Crippen LogP contribution is 2.46.